The van der Waals surface area contributed by atoms with Crippen molar-refractivity contribution < 1.29 is 17.6 Å². The quantitative estimate of drug-likeness (QED) is 0.569. The van der Waals surface area contributed by atoms with Crippen LogP contribution in [0.3, 0.4) is 0 Å². The van der Waals surface area contributed by atoms with Gasteiger partial charge in [0.2, 0.25) is 10.0 Å². The number of furan rings is 1. The molecular weight excluding hydrogens is 408 g/mol. The van der Waals surface area contributed by atoms with E-state index in [1.165, 1.54) is 16.4 Å². The first-order chi connectivity index (χ1) is 14.0. The second-order valence-electron chi connectivity index (χ2n) is 7.01. The van der Waals surface area contributed by atoms with Gasteiger partial charge in [0, 0.05) is 25.2 Å². The average molecular weight is 431 g/mol. The highest BCUT2D eigenvalue weighted by Crippen LogP contribution is 2.22. The lowest BCUT2D eigenvalue weighted by atomic mass is 10.2. The van der Waals surface area contributed by atoms with Crippen molar-refractivity contribution in [2.24, 2.45) is 0 Å². The summed E-state index contributed by atoms with van der Waals surface area (Å²) < 4.78 is 32.3. The van der Waals surface area contributed by atoms with E-state index in [1.807, 2.05) is 22.9 Å². The summed E-state index contributed by atoms with van der Waals surface area (Å²) in [6.07, 6.45) is 3.36. The highest BCUT2D eigenvalue weighted by molar-refractivity contribution is 7.89. The summed E-state index contributed by atoms with van der Waals surface area (Å²) in [7, 11) is -3.49. The predicted octanol–water partition coefficient (Wildman–Crippen LogP) is 3.97. The molecule has 1 fully saturated rings. The lowest BCUT2D eigenvalue weighted by molar-refractivity contribution is 0.0718. The monoisotopic (exact) mass is 430 g/mol. The molecule has 1 saturated heterocycles. The largest absolute Gasteiger partial charge is 0.467 e. The number of amides is 1. The van der Waals surface area contributed by atoms with Gasteiger partial charge in [0.25, 0.3) is 5.91 Å². The van der Waals surface area contributed by atoms with Crippen molar-refractivity contribution in [3.8, 4) is 0 Å². The number of benzene rings is 1. The number of hydrogen-bond donors (Lipinski definition) is 0. The Kier molecular flexibility index (Phi) is 5.84. The van der Waals surface area contributed by atoms with Crippen molar-refractivity contribution in [3.63, 3.8) is 0 Å². The Morgan fingerprint density at radius 2 is 1.83 bits per heavy atom. The maximum absolute atomic E-state index is 13.1. The van der Waals surface area contributed by atoms with Gasteiger partial charge in [-0.1, -0.05) is 0 Å². The zero-order valence-corrected chi connectivity index (χ0v) is 17.5. The highest BCUT2D eigenvalue weighted by Gasteiger charge is 2.27. The molecule has 6 nitrogen and oxygen atoms in total. The van der Waals surface area contributed by atoms with Gasteiger partial charge in [-0.2, -0.15) is 15.6 Å². The molecule has 1 aliphatic rings. The molecule has 0 bridgehead atoms. The van der Waals surface area contributed by atoms with Crippen molar-refractivity contribution in [1.82, 2.24) is 9.21 Å². The lowest BCUT2D eigenvalue weighted by Crippen LogP contribution is -2.30. The molecule has 0 spiro atoms. The molecule has 1 aliphatic heterocycles. The van der Waals surface area contributed by atoms with Crippen LogP contribution in [0.25, 0.3) is 0 Å². The molecule has 1 aromatic carbocycles. The number of nitrogens with zero attached hydrogens (tertiary/aromatic N) is 2. The number of sulfonamides is 1. The number of thiophene rings is 1. The van der Waals surface area contributed by atoms with Gasteiger partial charge >= 0.3 is 0 Å². The standard InChI is InChI=1S/C21H22N2O4S2/c24-21(22(14-17-9-13-28-16-17)15-19-4-3-12-27-19)18-5-7-20(8-6-18)29(25,26)23-10-1-2-11-23/h3-9,12-13,16H,1-2,10-11,14-15H2. The van der Waals surface area contributed by atoms with E-state index in [0.717, 1.165) is 18.4 Å². The second-order valence-corrected chi connectivity index (χ2v) is 9.73. The Morgan fingerprint density at radius 3 is 2.45 bits per heavy atom. The maximum Gasteiger partial charge on any atom is 0.254 e. The third-order valence-corrected chi connectivity index (χ3v) is 7.62. The lowest BCUT2D eigenvalue weighted by Gasteiger charge is -2.22. The van der Waals surface area contributed by atoms with Crippen LogP contribution >= 0.6 is 11.3 Å². The Bertz CT molecular complexity index is 1000. The first-order valence-electron chi connectivity index (χ1n) is 9.47. The Labute approximate surface area is 174 Å². The van der Waals surface area contributed by atoms with Crippen LogP contribution in [0.2, 0.25) is 0 Å². The average Bonchev–Trinajstić information content (AvgIpc) is 3.50. The van der Waals surface area contributed by atoms with E-state index in [9.17, 15) is 13.2 Å². The number of carbonyl (C=O) groups is 1. The van der Waals surface area contributed by atoms with Gasteiger partial charge < -0.3 is 9.32 Å². The minimum atomic E-state index is -3.49. The molecule has 1 amide bonds. The van der Waals surface area contributed by atoms with E-state index in [2.05, 4.69) is 0 Å². The molecule has 0 unspecified atom stereocenters. The molecule has 0 atom stereocenters. The van der Waals surface area contributed by atoms with Crippen molar-refractivity contribution in [1.29, 1.82) is 0 Å². The highest BCUT2D eigenvalue weighted by atomic mass is 32.2. The van der Waals surface area contributed by atoms with Crippen LogP contribution in [0.1, 0.15) is 34.5 Å². The van der Waals surface area contributed by atoms with E-state index in [4.69, 9.17) is 4.42 Å². The van der Waals surface area contributed by atoms with E-state index >= 15 is 0 Å². The summed E-state index contributed by atoms with van der Waals surface area (Å²) in [5.41, 5.74) is 1.50. The van der Waals surface area contributed by atoms with Crippen molar-refractivity contribution in [2.75, 3.05) is 13.1 Å². The van der Waals surface area contributed by atoms with Crippen LogP contribution in [0, 0.1) is 0 Å². The summed E-state index contributed by atoms with van der Waals surface area (Å²) in [4.78, 5) is 15.1. The summed E-state index contributed by atoms with van der Waals surface area (Å²) in [5.74, 6) is 0.527. The second kappa shape index (κ2) is 8.52. The van der Waals surface area contributed by atoms with Crippen LogP contribution in [-0.4, -0.2) is 36.6 Å². The van der Waals surface area contributed by atoms with Crippen LogP contribution in [-0.2, 0) is 23.1 Å². The van der Waals surface area contributed by atoms with Gasteiger partial charge in [-0.05, 0) is 71.6 Å². The molecule has 8 heteroatoms. The molecule has 29 heavy (non-hydrogen) atoms. The molecule has 0 radical (unpaired) electrons. The molecule has 0 saturated carbocycles. The molecular formula is C21H22N2O4S2. The van der Waals surface area contributed by atoms with Gasteiger partial charge in [-0.15, -0.1) is 0 Å². The topological polar surface area (TPSA) is 70.8 Å². The van der Waals surface area contributed by atoms with Crippen LogP contribution < -0.4 is 0 Å². The first-order valence-corrected chi connectivity index (χ1v) is 11.9. The minimum Gasteiger partial charge on any atom is -0.467 e. The third-order valence-electron chi connectivity index (χ3n) is 4.97. The number of carbonyl (C=O) groups excluding carboxylic acids is 1. The zero-order chi connectivity index (χ0) is 20.3. The van der Waals surface area contributed by atoms with Gasteiger partial charge in [-0.3, -0.25) is 4.79 Å². The van der Waals surface area contributed by atoms with Crippen LogP contribution in [0.4, 0.5) is 0 Å². The fourth-order valence-corrected chi connectivity index (χ4v) is 5.60. The van der Waals surface area contributed by atoms with Crippen LogP contribution in [0.5, 0.6) is 0 Å². The molecule has 0 aliphatic carbocycles. The van der Waals surface area contributed by atoms with E-state index in [-0.39, 0.29) is 10.8 Å². The van der Waals surface area contributed by atoms with Gasteiger partial charge in [0.15, 0.2) is 0 Å². The summed E-state index contributed by atoms with van der Waals surface area (Å²) in [5, 5.41) is 3.98. The molecule has 3 heterocycles. The number of hydrogen-bond acceptors (Lipinski definition) is 5. The van der Waals surface area contributed by atoms with E-state index < -0.39 is 10.0 Å². The van der Waals surface area contributed by atoms with Crippen molar-refractivity contribution >= 4 is 27.3 Å². The third kappa shape index (κ3) is 4.44. The summed E-state index contributed by atoms with van der Waals surface area (Å²) >= 11 is 1.58. The predicted molar refractivity (Wildman–Crippen MR) is 111 cm³/mol. The van der Waals surface area contributed by atoms with E-state index in [1.54, 1.807) is 40.7 Å². The zero-order valence-electron chi connectivity index (χ0n) is 15.9. The maximum atomic E-state index is 13.1. The Morgan fingerprint density at radius 1 is 1.07 bits per heavy atom. The van der Waals surface area contributed by atoms with Gasteiger partial charge in [-0.25, -0.2) is 8.42 Å². The van der Waals surface area contributed by atoms with E-state index in [0.29, 0.717) is 37.5 Å². The first kappa shape index (κ1) is 19.9. The smallest absolute Gasteiger partial charge is 0.254 e. The molecule has 3 aromatic rings. The fraction of sp³-hybridized carbons (Fsp3) is 0.286. The molecule has 0 N–H and O–H groups in total. The SMILES string of the molecule is O=C(c1ccc(S(=O)(=O)N2CCCC2)cc1)N(Cc1ccsc1)Cc1ccco1. The Balaban J connectivity index is 1.55. The molecule has 152 valence electrons. The van der Waals surface area contributed by atoms with Gasteiger partial charge in [0.1, 0.15) is 5.76 Å². The Hall–Kier alpha value is -2.42. The fourth-order valence-electron chi connectivity index (χ4n) is 3.42. The molecule has 2 aromatic heterocycles. The van der Waals surface area contributed by atoms with Gasteiger partial charge in [0.05, 0.1) is 17.7 Å². The van der Waals surface area contributed by atoms with Crippen molar-refractivity contribution in [3.05, 3.63) is 76.4 Å². The molecule has 4 rings (SSSR count). The van der Waals surface area contributed by atoms with Crippen LogP contribution in [0.15, 0.2) is 68.8 Å². The summed E-state index contributed by atoms with van der Waals surface area (Å²) in [6, 6.07) is 11.8. The minimum absolute atomic E-state index is 0.169. The number of rotatable bonds is 7. The van der Waals surface area contributed by atoms with Crippen molar-refractivity contribution in [2.45, 2.75) is 30.8 Å². The summed E-state index contributed by atoms with van der Waals surface area (Å²) in [6.45, 7) is 1.91. The normalized spacial score (nSPS) is 14.9.